The van der Waals surface area contributed by atoms with E-state index in [4.69, 9.17) is 4.74 Å². The van der Waals surface area contributed by atoms with Crippen LogP contribution in [0, 0.1) is 12.8 Å². The van der Waals surface area contributed by atoms with Gasteiger partial charge in [0.1, 0.15) is 0 Å². The van der Waals surface area contributed by atoms with Crippen LogP contribution in [0.4, 0.5) is 0 Å². The first-order valence-corrected chi connectivity index (χ1v) is 4.22. The van der Waals surface area contributed by atoms with Crippen molar-refractivity contribution >= 4 is 18.4 Å². The zero-order valence-electron chi connectivity index (χ0n) is 7.84. The van der Waals surface area contributed by atoms with Crippen molar-refractivity contribution in [2.75, 3.05) is 6.61 Å². The Bertz CT molecular complexity index is 115. The van der Waals surface area contributed by atoms with Gasteiger partial charge in [0.05, 0.1) is 12.5 Å². The van der Waals surface area contributed by atoms with Crippen LogP contribution in [-0.4, -0.2) is 12.6 Å². The Balaban J connectivity index is 0. The van der Waals surface area contributed by atoms with Gasteiger partial charge in [0, 0.05) is 0 Å². The molecule has 0 heterocycles. The van der Waals surface area contributed by atoms with E-state index in [9.17, 15) is 4.79 Å². The number of halogens is 1. The van der Waals surface area contributed by atoms with Crippen molar-refractivity contribution in [2.45, 2.75) is 33.1 Å². The van der Waals surface area contributed by atoms with Crippen molar-refractivity contribution in [3.63, 3.8) is 0 Å². The minimum atomic E-state index is -0.171. The third-order valence-corrected chi connectivity index (χ3v) is 1.53. The molecule has 0 aliphatic heterocycles. The van der Waals surface area contributed by atoms with Gasteiger partial charge in [0.15, 0.2) is 0 Å². The standard InChI is InChI=1S/C9H17O2.ClH/c1-4-6-7-8(3)9(10)11-5-2;/h8H,3-7H2,1-2H3;1H. The second-order valence-corrected chi connectivity index (χ2v) is 2.59. The molecular weight excluding hydrogens is 176 g/mol. The first-order valence-electron chi connectivity index (χ1n) is 4.22. The van der Waals surface area contributed by atoms with Crippen LogP contribution in [0.1, 0.15) is 33.1 Å². The average Bonchev–Trinajstić information content (AvgIpc) is 2.00. The van der Waals surface area contributed by atoms with Gasteiger partial charge in [0.2, 0.25) is 0 Å². The maximum atomic E-state index is 11.0. The number of hydrogen-bond donors (Lipinski definition) is 0. The van der Waals surface area contributed by atoms with Crippen LogP contribution in [0.5, 0.6) is 0 Å². The zero-order valence-corrected chi connectivity index (χ0v) is 8.65. The van der Waals surface area contributed by atoms with Gasteiger partial charge in [-0.3, -0.25) is 4.79 Å². The summed E-state index contributed by atoms with van der Waals surface area (Å²) >= 11 is 0. The summed E-state index contributed by atoms with van der Waals surface area (Å²) in [6, 6.07) is 0. The number of carbonyl (C=O) groups excluding carboxylic acids is 1. The number of esters is 1. The Morgan fingerprint density at radius 2 is 2.08 bits per heavy atom. The van der Waals surface area contributed by atoms with Crippen LogP contribution in [-0.2, 0) is 9.53 Å². The first kappa shape index (κ1) is 14.3. The Labute approximate surface area is 81.1 Å². The molecule has 0 saturated carbocycles. The average molecular weight is 194 g/mol. The largest absolute Gasteiger partial charge is 0.466 e. The maximum absolute atomic E-state index is 11.0. The number of rotatable bonds is 5. The van der Waals surface area contributed by atoms with E-state index in [1.165, 1.54) is 0 Å². The van der Waals surface area contributed by atoms with Crippen LogP contribution in [0.2, 0.25) is 0 Å². The lowest BCUT2D eigenvalue weighted by molar-refractivity contribution is -0.146. The predicted octanol–water partition coefficient (Wildman–Crippen LogP) is 2.61. The molecule has 0 N–H and O–H groups in total. The summed E-state index contributed by atoms with van der Waals surface area (Å²) in [4.78, 5) is 11.0. The van der Waals surface area contributed by atoms with Crippen LogP contribution in [0.3, 0.4) is 0 Å². The molecule has 0 aliphatic carbocycles. The molecule has 0 fully saturated rings. The molecule has 0 aliphatic rings. The SMILES string of the molecule is Cl.[CH2]C(CCCC)C(=O)OCC. The molecule has 0 bridgehead atoms. The molecule has 1 radical (unpaired) electrons. The molecule has 3 heteroatoms. The van der Waals surface area contributed by atoms with Crippen molar-refractivity contribution in [1.82, 2.24) is 0 Å². The highest BCUT2D eigenvalue weighted by Crippen LogP contribution is 2.08. The summed E-state index contributed by atoms with van der Waals surface area (Å²) in [5, 5.41) is 0. The second kappa shape index (κ2) is 8.85. The van der Waals surface area contributed by atoms with Crippen LogP contribution < -0.4 is 0 Å². The fraction of sp³-hybridized carbons (Fsp3) is 0.778. The molecular formula is C9H18ClO2. The summed E-state index contributed by atoms with van der Waals surface area (Å²) in [6.45, 7) is 8.08. The molecule has 0 amide bonds. The van der Waals surface area contributed by atoms with Crippen molar-refractivity contribution in [3.05, 3.63) is 6.92 Å². The lowest BCUT2D eigenvalue weighted by Gasteiger charge is -2.08. The zero-order chi connectivity index (χ0) is 8.69. The fourth-order valence-electron chi connectivity index (χ4n) is 0.828. The van der Waals surface area contributed by atoms with Gasteiger partial charge in [0.25, 0.3) is 0 Å². The summed E-state index contributed by atoms with van der Waals surface area (Å²) in [5.41, 5.74) is 0. The van der Waals surface area contributed by atoms with E-state index in [0.717, 1.165) is 19.3 Å². The second-order valence-electron chi connectivity index (χ2n) is 2.59. The van der Waals surface area contributed by atoms with E-state index in [1.54, 1.807) is 0 Å². The molecule has 2 nitrogen and oxygen atoms in total. The Morgan fingerprint density at radius 3 is 2.50 bits per heavy atom. The third-order valence-electron chi connectivity index (χ3n) is 1.53. The monoisotopic (exact) mass is 193 g/mol. The third kappa shape index (κ3) is 6.47. The molecule has 1 unspecified atom stereocenters. The van der Waals surface area contributed by atoms with Crippen LogP contribution in [0.15, 0.2) is 0 Å². The van der Waals surface area contributed by atoms with Gasteiger partial charge in [-0.15, -0.1) is 12.4 Å². The van der Waals surface area contributed by atoms with Crippen molar-refractivity contribution in [1.29, 1.82) is 0 Å². The Morgan fingerprint density at radius 1 is 1.50 bits per heavy atom. The molecule has 0 spiro atoms. The van der Waals surface area contributed by atoms with Crippen molar-refractivity contribution in [2.24, 2.45) is 5.92 Å². The summed E-state index contributed by atoms with van der Waals surface area (Å²) < 4.78 is 4.80. The maximum Gasteiger partial charge on any atom is 0.308 e. The predicted molar refractivity (Wildman–Crippen MR) is 52.3 cm³/mol. The lowest BCUT2D eigenvalue weighted by Crippen LogP contribution is -2.14. The van der Waals surface area contributed by atoms with Gasteiger partial charge in [-0.2, -0.15) is 0 Å². The molecule has 12 heavy (non-hydrogen) atoms. The molecule has 0 saturated heterocycles. The highest BCUT2D eigenvalue weighted by molar-refractivity contribution is 5.85. The van der Waals surface area contributed by atoms with E-state index in [0.29, 0.717) is 6.61 Å². The molecule has 0 rings (SSSR count). The quantitative estimate of drug-likeness (QED) is 0.628. The number of carbonyl (C=O) groups is 1. The molecule has 73 valence electrons. The summed E-state index contributed by atoms with van der Waals surface area (Å²) in [5.74, 6) is -0.337. The van der Waals surface area contributed by atoms with Gasteiger partial charge in [-0.05, 0) is 20.3 Å². The number of hydrogen-bond acceptors (Lipinski definition) is 2. The minimum Gasteiger partial charge on any atom is -0.466 e. The molecule has 1 atom stereocenters. The van der Waals surface area contributed by atoms with E-state index < -0.39 is 0 Å². The Kier molecular flexibility index (Phi) is 10.5. The van der Waals surface area contributed by atoms with E-state index in [-0.39, 0.29) is 24.3 Å². The van der Waals surface area contributed by atoms with Crippen molar-refractivity contribution in [3.8, 4) is 0 Å². The van der Waals surface area contributed by atoms with Crippen LogP contribution in [0.25, 0.3) is 0 Å². The topological polar surface area (TPSA) is 26.3 Å². The normalized spacial score (nSPS) is 11.6. The fourth-order valence-corrected chi connectivity index (χ4v) is 0.828. The van der Waals surface area contributed by atoms with Gasteiger partial charge in [-0.25, -0.2) is 0 Å². The van der Waals surface area contributed by atoms with Gasteiger partial charge >= 0.3 is 5.97 Å². The van der Waals surface area contributed by atoms with Gasteiger partial charge in [-0.1, -0.05) is 19.8 Å². The van der Waals surface area contributed by atoms with E-state index in [2.05, 4.69) is 13.8 Å². The minimum absolute atomic E-state index is 0. The number of unbranched alkanes of at least 4 members (excludes halogenated alkanes) is 1. The Hall–Kier alpha value is -0.240. The van der Waals surface area contributed by atoms with Gasteiger partial charge < -0.3 is 4.74 Å². The highest BCUT2D eigenvalue weighted by Gasteiger charge is 2.12. The lowest BCUT2D eigenvalue weighted by atomic mass is 10.1. The summed E-state index contributed by atoms with van der Waals surface area (Å²) in [6.07, 6.45) is 2.99. The van der Waals surface area contributed by atoms with Crippen molar-refractivity contribution < 1.29 is 9.53 Å². The smallest absolute Gasteiger partial charge is 0.308 e. The van der Waals surface area contributed by atoms with E-state index >= 15 is 0 Å². The highest BCUT2D eigenvalue weighted by atomic mass is 35.5. The molecule has 0 aromatic carbocycles. The number of ether oxygens (including phenoxy) is 1. The summed E-state index contributed by atoms with van der Waals surface area (Å²) in [7, 11) is 0. The van der Waals surface area contributed by atoms with E-state index in [1.807, 2.05) is 6.92 Å². The first-order chi connectivity index (χ1) is 5.22. The van der Waals surface area contributed by atoms with Crippen LogP contribution >= 0.6 is 12.4 Å². The molecule has 0 aromatic rings. The molecule has 0 aromatic heterocycles.